The van der Waals surface area contributed by atoms with Crippen molar-refractivity contribution in [1.29, 1.82) is 0 Å². The third-order valence-electron chi connectivity index (χ3n) is 3.49. The van der Waals surface area contributed by atoms with Crippen LogP contribution in [0.1, 0.15) is 31.9 Å². The maximum atomic E-state index is 11.2. The number of nitrogens with one attached hydrogen (secondary N) is 1. The number of likely N-dealkylation sites (N-methyl/N-ethyl adjacent to an activating group) is 1. The Morgan fingerprint density at radius 1 is 1.42 bits per heavy atom. The summed E-state index contributed by atoms with van der Waals surface area (Å²) in [7, 11) is 0. The molecule has 1 unspecified atom stereocenters. The molecule has 1 aromatic carbocycles. The van der Waals surface area contributed by atoms with Gasteiger partial charge in [-0.25, -0.2) is 0 Å². The molecule has 104 valence electrons. The molecule has 0 heterocycles. The number of aliphatic carboxylic acids is 1. The summed E-state index contributed by atoms with van der Waals surface area (Å²) < 4.78 is -0.784. The number of carboxylic acid groups (broad SMARTS) is 1. The number of carboxylic acids is 1. The normalized spacial score (nSPS) is 18.4. The second-order valence-electron chi connectivity index (χ2n) is 5.51. The van der Waals surface area contributed by atoms with Crippen LogP contribution in [0.4, 0.5) is 0 Å². The highest BCUT2D eigenvalue weighted by Gasteiger charge is 2.29. The number of fused-ring (bicyclic) bond motifs is 1. The fraction of sp³-hybridized carbons (Fsp3) is 0.533. The maximum Gasteiger partial charge on any atom is 0.319 e. The van der Waals surface area contributed by atoms with E-state index in [9.17, 15) is 9.90 Å². The van der Waals surface area contributed by atoms with Crippen molar-refractivity contribution < 1.29 is 9.90 Å². The third kappa shape index (κ3) is 3.31. The lowest BCUT2D eigenvalue weighted by atomic mass is 10.1. The Morgan fingerprint density at radius 2 is 2.11 bits per heavy atom. The molecule has 0 spiro atoms. The molecular formula is C15H21NO2S. The van der Waals surface area contributed by atoms with Gasteiger partial charge in [-0.05, 0) is 56.5 Å². The van der Waals surface area contributed by atoms with Crippen molar-refractivity contribution in [2.45, 2.75) is 49.3 Å². The summed E-state index contributed by atoms with van der Waals surface area (Å²) in [6.07, 6.45) is 2.13. The molecule has 2 rings (SSSR count). The van der Waals surface area contributed by atoms with Gasteiger partial charge >= 0.3 is 5.97 Å². The smallest absolute Gasteiger partial charge is 0.319 e. The van der Waals surface area contributed by atoms with Gasteiger partial charge in [-0.1, -0.05) is 13.0 Å². The fourth-order valence-electron chi connectivity index (χ4n) is 2.43. The van der Waals surface area contributed by atoms with E-state index >= 15 is 0 Å². The molecule has 0 saturated carbocycles. The minimum Gasteiger partial charge on any atom is -0.480 e. The van der Waals surface area contributed by atoms with E-state index in [4.69, 9.17) is 0 Å². The summed E-state index contributed by atoms with van der Waals surface area (Å²) >= 11 is 1.41. The average molecular weight is 279 g/mol. The zero-order valence-corrected chi connectivity index (χ0v) is 12.5. The number of hydrogen-bond donors (Lipinski definition) is 2. The zero-order valence-electron chi connectivity index (χ0n) is 11.7. The lowest BCUT2D eigenvalue weighted by molar-refractivity contribution is -0.138. The Morgan fingerprint density at radius 3 is 2.74 bits per heavy atom. The third-order valence-corrected chi connectivity index (χ3v) is 4.67. The predicted molar refractivity (Wildman–Crippen MR) is 78.9 cm³/mol. The van der Waals surface area contributed by atoms with Crippen LogP contribution in [0.5, 0.6) is 0 Å². The molecule has 0 saturated heterocycles. The molecule has 2 N–H and O–H groups in total. The van der Waals surface area contributed by atoms with Gasteiger partial charge in [0, 0.05) is 10.9 Å². The second kappa shape index (κ2) is 5.55. The largest absolute Gasteiger partial charge is 0.480 e. The molecule has 1 aliphatic carbocycles. The van der Waals surface area contributed by atoms with Crippen LogP contribution in [0.25, 0.3) is 0 Å². The van der Waals surface area contributed by atoms with Crippen LogP contribution in [0.3, 0.4) is 0 Å². The molecule has 0 radical (unpaired) electrons. The van der Waals surface area contributed by atoms with Crippen LogP contribution in [-0.4, -0.2) is 28.4 Å². The minimum atomic E-state index is -0.784. The summed E-state index contributed by atoms with van der Waals surface area (Å²) in [6.45, 7) is 6.61. The van der Waals surface area contributed by atoms with Crippen molar-refractivity contribution >= 4 is 17.7 Å². The Kier molecular flexibility index (Phi) is 4.21. The van der Waals surface area contributed by atoms with Gasteiger partial charge in [0.1, 0.15) is 4.75 Å². The molecule has 4 heteroatoms. The summed E-state index contributed by atoms with van der Waals surface area (Å²) in [4.78, 5) is 12.2. The Bertz CT molecular complexity index is 485. The monoisotopic (exact) mass is 279 g/mol. The summed E-state index contributed by atoms with van der Waals surface area (Å²) in [5.41, 5.74) is 2.75. The first-order valence-corrected chi connectivity index (χ1v) is 7.51. The molecule has 19 heavy (non-hydrogen) atoms. The zero-order chi connectivity index (χ0) is 14.0. The van der Waals surface area contributed by atoms with Crippen molar-refractivity contribution in [1.82, 2.24) is 5.32 Å². The second-order valence-corrected chi connectivity index (χ2v) is 7.21. The van der Waals surface area contributed by atoms with E-state index in [2.05, 4.69) is 24.4 Å². The molecule has 1 aliphatic rings. The number of thioether (sulfide) groups is 1. The lowest BCUT2D eigenvalue weighted by Gasteiger charge is -2.18. The summed E-state index contributed by atoms with van der Waals surface area (Å²) in [6, 6.07) is 6.88. The van der Waals surface area contributed by atoms with Gasteiger partial charge in [-0.2, -0.15) is 0 Å². The summed E-state index contributed by atoms with van der Waals surface area (Å²) in [5, 5.41) is 12.7. The molecule has 0 bridgehead atoms. The predicted octanol–water partition coefficient (Wildman–Crippen LogP) is 2.72. The molecular weight excluding hydrogens is 258 g/mol. The molecule has 0 amide bonds. The van der Waals surface area contributed by atoms with Crippen molar-refractivity contribution in [2.75, 3.05) is 6.54 Å². The number of benzene rings is 1. The molecule has 0 aromatic heterocycles. The van der Waals surface area contributed by atoms with Crippen molar-refractivity contribution in [3.8, 4) is 0 Å². The highest BCUT2D eigenvalue weighted by atomic mass is 32.2. The van der Waals surface area contributed by atoms with Crippen LogP contribution in [0, 0.1) is 0 Å². The summed E-state index contributed by atoms with van der Waals surface area (Å²) in [5.74, 6) is -0.775. The van der Waals surface area contributed by atoms with E-state index in [1.54, 1.807) is 13.8 Å². The molecule has 1 aromatic rings. The number of rotatable bonds is 5. The van der Waals surface area contributed by atoms with E-state index in [-0.39, 0.29) is 0 Å². The molecule has 0 aliphatic heterocycles. The lowest BCUT2D eigenvalue weighted by Crippen LogP contribution is -2.28. The van der Waals surface area contributed by atoms with Gasteiger partial charge in [-0.15, -0.1) is 11.8 Å². The molecule has 0 fully saturated rings. The van der Waals surface area contributed by atoms with Crippen LogP contribution in [0.2, 0.25) is 0 Å². The first kappa shape index (κ1) is 14.4. The molecule has 3 nitrogen and oxygen atoms in total. The van der Waals surface area contributed by atoms with Crippen molar-refractivity contribution in [2.24, 2.45) is 0 Å². The topological polar surface area (TPSA) is 49.3 Å². The van der Waals surface area contributed by atoms with Gasteiger partial charge in [0.05, 0.1) is 0 Å². The maximum absolute atomic E-state index is 11.2. The van der Waals surface area contributed by atoms with Crippen LogP contribution in [-0.2, 0) is 17.6 Å². The Labute approximate surface area is 118 Å². The molecule has 1 atom stereocenters. The van der Waals surface area contributed by atoms with Crippen LogP contribution in [0.15, 0.2) is 23.1 Å². The highest BCUT2D eigenvalue weighted by molar-refractivity contribution is 8.01. The quantitative estimate of drug-likeness (QED) is 0.814. The standard InChI is InChI=1S/C15H21NO2S/c1-4-16-12-7-10-5-6-13(9-11(10)8-12)19-15(2,3)14(17)18/h5-6,9,12,16H,4,7-8H2,1-3H3,(H,17,18). The van der Waals surface area contributed by atoms with E-state index in [0.717, 1.165) is 24.3 Å². The van der Waals surface area contributed by atoms with Gasteiger partial charge < -0.3 is 10.4 Å². The van der Waals surface area contributed by atoms with E-state index in [1.165, 1.54) is 22.9 Å². The Hall–Kier alpha value is -1.00. The van der Waals surface area contributed by atoms with Gasteiger partial charge in [0.2, 0.25) is 0 Å². The average Bonchev–Trinajstić information content (AvgIpc) is 2.70. The first-order chi connectivity index (χ1) is 8.92. The van der Waals surface area contributed by atoms with Crippen molar-refractivity contribution in [3.63, 3.8) is 0 Å². The Balaban J connectivity index is 2.12. The first-order valence-electron chi connectivity index (χ1n) is 6.70. The van der Waals surface area contributed by atoms with E-state index in [1.807, 2.05) is 6.07 Å². The van der Waals surface area contributed by atoms with Crippen LogP contribution < -0.4 is 5.32 Å². The van der Waals surface area contributed by atoms with Gasteiger partial charge in [0.15, 0.2) is 0 Å². The van der Waals surface area contributed by atoms with E-state index in [0.29, 0.717) is 6.04 Å². The van der Waals surface area contributed by atoms with E-state index < -0.39 is 10.7 Å². The van der Waals surface area contributed by atoms with Crippen molar-refractivity contribution in [3.05, 3.63) is 29.3 Å². The number of carbonyl (C=O) groups is 1. The van der Waals surface area contributed by atoms with Gasteiger partial charge in [0.25, 0.3) is 0 Å². The fourth-order valence-corrected chi connectivity index (χ4v) is 3.44. The van der Waals surface area contributed by atoms with Gasteiger partial charge in [-0.3, -0.25) is 4.79 Å². The van der Waals surface area contributed by atoms with Crippen LogP contribution >= 0.6 is 11.8 Å². The minimum absolute atomic E-state index is 0.535. The number of hydrogen-bond acceptors (Lipinski definition) is 3. The SMILES string of the molecule is CCNC1Cc2ccc(SC(C)(C)C(=O)O)cc2C1. The highest BCUT2D eigenvalue weighted by Crippen LogP contribution is 2.35.